The predicted octanol–water partition coefficient (Wildman–Crippen LogP) is 2.97. The van der Waals surface area contributed by atoms with Crippen molar-refractivity contribution >= 4 is 0 Å². The summed E-state index contributed by atoms with van der Waals surface area (Å²) in [5.41, 5.74) is 0. The zero-order valence-corrected chi connectivity index (χ0v) is 10.3. The van der Waals surface area contributed by atoms with Gasteiger partial charge in [-0.1, -0.05) is 26.2 Å². The summed E-state index contributed by atoms with van der Waals surface area (Å²) in [6.07, 6.45) is 5.28. The summed E-state index contributed by atoms with van der Waals surface area (Å²) in [7, 11) is 0. The Bertz CT molecular complexity index is 117. The lowest BCUT2D eigenvalue weighted by Gasteiger charge is -2.19. The summed E-state index contributed by atoms with van der Waals surface area (Å²) in [5, 5.41) is 3.55. The maximum absolute atomic E-state index is 5.36. The molecular weight excluding hydrogens is 174 g/mol. The van der Waals surface area contributed by atoms with E-state index >= 15 is 0 Å². The molecule has 0 amide bonds. The number of hydrogen-bond acceptors (Lipinski definition) is 2. The average Bonchev–Trinajstić information content (AvgIpc) is 2.15. The molecule has 0 rings (SSSR count). The maximum Gasteiger partial charge on any atom is 0.0616 e. The van der Waals surface area contributed by atoms with E-state index in [2.05, 4.69) is 26.1 Å². The molecule has 86 valence electrons. The highest BCUT2D eigenvalue weighted by Crippen LogP contribution is 2.03. The lowest BCUT2D eigenvalue weighted by molar-refractivity contribution is 0.123. The van der Waals surface area contributed by atoms with E-state index in [9.17, 15) is 0 Å². The minimum Gasteiger partial charge on any atom is -0.380 e. The number of hydrogen-bond donors (Lipinski definition) is 1. The van der Waals surface area contributed by atoms with Crippen molar-refractivity contribution in [1.82, 2.24) is 5.32 Å². The quantitative estimate of drug-likeness (QED) is 0.579. The molecular formula is C12H27NO. The van der Waals surface area contributed by atoms with Crippen LogP contribution in [0.5, 0.6) is 0 Å². The summed E-state index contributed by atoms with van der Waals surface area (Å²) in [4.78, 5) is 0. The van der Waals surface area contributed by atoms with Crippen LogP contribution >= 0.6 is 0 Å². The van der Waals surface area contributed by atoms with E-state index in [-0.39, 0.29) is 0 Å². The van der Waals surface area contributed by atoms with Crippen molar-refractivity contribution in [3.63, 3.8) is 0 Å². The van der Waals surface area contributed by atoms with E-state index in [0.29, 0.717) is 12.1 Å². The Morgan fingerprint density at radius 1 is 1.07 bits per heavy atom. The van der Waals surface area contributed by atoms with Gasteiger partial charge >= 0.3 is 0 Å². The molecule has 2 atom stereocenters. The second-order valence-electron chi connectivity index (χ2n) is 4.12. The topological polar surface area (TPSA) is 21.3 Å². The van der Waals surface area contributed by atoms with Crippen molar-refractivity contribution < 1.29 is 4.74 Å². The summed E-state index contributed by atoms with van der Waals surface area (Å²) < 4.78 is 5.36. The third kappa shape index (κ3) is 8.52. The van der Waals surface area contributed by atoms with Gasteiger partial charge in [-0.25, -0.2) is 0 Å². The first-order chi connectivity index (χ1) is 6.70. The van der Waals surface area contributed by atoms with E-state index in [1.54, 1.807) is 0 Å². The van der Waals surface area contributed by atoms with Crippen LogP contribution < -0.4 is 5.32 Å². The lowest BCUT2D eigenvalue weighted by Crippen LogP contribution is -2.37. The molecule has 0 radical (unpaired) electrons. The first-order valence-corrected chi connectivity index (χ1v) is 6.04. The Morgan fingerprint density at radius 3 is 2.36 bits per heavy atom. The molecule has 0 saturated heterocycles. The van der Waals surface area contributed by atoms with Gasteiger partial charge < -0.3 is 10.1 Å². The van der Waals surface area contributed by atoms with Gasteiger partial charge in [0, 0.05) is 18.7 Å². The molecule has 0 heterocycles. The van der Waals surface area contributed by atoms with Crippen molar-refractivity contribution in [2.75, 3.05) is 13.2 Å². The second kappa shape index (κ2) is 9.47. The molecule has 2 unspecified atom stereocenters. The molecule has 0 aliphatic rings. The number of unbranched alkanes of at least 4 members (excludes halogenated alkanes) is 2. The predicted molar refractivity (Wildman–Crippen MR) is 62.7 cm³/mol. The van der Waals surface area contributed by atoms with Gasteiger partial charge in [0.2, 0.25) is 0 Å². The van der Waals surface area contributed by atoms with Gasteiger partial charge in [0.25, 0.3) is 0 Å². The third-order valence-corrected chi connectivity index (χ3v) is 2.38. The monoisotopic (exact) mass is 201 g/mol. The first kappa shape index (κ1) is 13.9. The fourth-order valence-corrected chi connectivity index (χ4v) is 1.61. The molecule has 0 aliphatic heterocycles. The van der Waals surface area contributed by atoms with Gasteiger partial charge in [0.05, 0.1) is 6.61 Å². The lowest BCUT2D eigenvalue weighted by atomic mass is 10.1. The van der Waals surface area contributed by atoms with Crippen molar-refractivity contribution in [2.45, 2.75) is 65.5 Å². The number of ether oxygens (including phenoxy) is 1. The molecule has 0 saturated carbocycles. The summed E-state index contributed by atoms with van der Waals surface area (Å²) in [6, 6.07) is 1.10. The highest BCUT2D eigenvalue weighted by atomic mass is 16.5. The van der Waals surface area contributed by atoms with Gasteiger partial charge in [0.15, 0.2) is 0 Å². The largest absolute Gasteiger partial charge is 0.380 e. The molecule has 0 aromatic heterocycles. The molecule has 14 heavy (non-hydrogen) atoms. The van der Waals surface area contributed by atoms with Crippen LogP contribution in [-0.4, -0.2) is 25.3 Å². The summed E-state index contributed by atoms with van der Waals surface area (Å²) in [5.74, 6) is 0. The van der Waals surface area contributed by atoms with Gasteiger partial charge in [-0.3, -0.25) is 0 Å². The molecule has 1 N–H and O–H groups in total. The zero-order chi connectivity index (χ0) is 10.8. The summed E-state index contributed by atoms with van der Waals surface area (Å²) in [6.45, 7) is 10.4. The van der Waals surface area contributed by atoms with Gasteiger partial charge in [-0.05, 0) is 27.2 Å². The molecule has 0 aliphatic carbocycles. The Kier molecular flexibility index (Phi) is 9.42. The minimum atomic E-state index is 0.478. The van der Waals surface area contributed by atoms with E-state index < -0.39 is 0 Å². The van der Waals surface area contributed by atoms with Gasteiger partial charge in [0.1, 0.15) is 0 Å². The van der Waals surface area contributed by atoms with E-state index in [4.69, 9.17) is 4.74 Å². The SMILES string of the molecule is CCCCCC(C)NC(C)COCC. The molecule has 0 fully saturated rings. The van der Waals surface area contributed by atoms with Gasteiger partial charge in [-0.2, -0.15) is 0 Å². The van der Waals surface area contributed by atoms with Crippen LogP contribution in [0.3, 0.4) is 0 Å². The highest BCUT2D eigenvalue weighted by Gasteiger charge is 2.06. The van der Waals surface area contributed by atoms with Crippen molar-refractivity contribution in [3.05, 3.63) is 0 Å². The molecule has 0 bridgehead atoms. The van der Waals surface area contributed by atoms with E-state index in [1.807, 2.05) is 6.92 Å². The van der Waals surface area contributed by atoms with Crippen molar-refractivity contribution in [3.8, 4) is 0 Å². The normalized spacial score (nSPS) is 15.4. The van der Waals surface area contributed by atoms with Crippen molar-refractivity contribution in [1.29, 1.82) is 0 Å². The summed E-state index contributed by atoms with van der Waals surface area (Å²) >= 11 is 0. The fourth-order valence-electron chi connectivity index (χ4n) is 1.61. The highest BCUT2D eigenvalue weighted by molar-refractivity contribution is 4.66. The standard InChI is InChI=1S/C12H27NO/c1-5-7-8-9-11(3)13-12(4)10-14-6-2/h11-13H,5-10H2,1-4H3. The van der Waals surface area contributed by atoms with Crippen LogP contribution in [-0.2, 0) is 4.74 Å². The minimum absolute atomic E-state index is 0.478. The Hall–Kier alpha value is -0.0800. The molecule has 2 nitrogen and oxygen atoms in total. The Balaban J connectivity index is 3.35. The maximum atomic E-state index is 5.36. The third-order valence-electron chi connectivity index (χ3n) is 2.38. The van der Waals surface area contributed by atoms with Crippen LogP contribution in [0.25, 0.3) is 0 Å². The molecule has 2 heteroatoms. The van der Waals surface area contributed by atoms with Crippen molar-refractivity contribution in [2.24, 2.45) is 0 Å². The molecule has 0 aromatic rings. The van der Waals surface area contributed by atoms with Crippen LogP contribution in [0, 0.1) is 0 Å². The molecule has 0 spiro atoms. The van der Waals surface area contributed by atoms with Crippen LogP contribution in [0.2, 0.25) is 0 Å². The van der Waals surface area contributed by atoms with E-state index in [0.717, 1.165) is 13.2 Å². The van der Waals surface area contributed by atoms with Crippen LogP contribution in [0.1, 0.15) is 53.4 Å². The zero-order valence-electron chi connectivity index (χ0n) is 10.3. The fraction of sp³-hybridized carbons (Fsp3) is 1.00. The molecule has 0 aromatic carbocycles. The van der Waals surface area contributed by atoms with E-state index in [1.165, 1.54) is 25.7 Å². The number of rotatable bonds is 9. The Morgan fingerprint density at radius 2 is 1.79 bits per heavy atom. The Labute approximate surface area is 89.4 Å². The van der Waals surface area contributed by atoms with Gasteiger partial charge in [-0.15, -0.1) is 0 Å². The van der Waals surface area contributed by atoms with Crippen LogP contribution in [0.4, 0.5) is 0 Å². The number of nitrogens with one attached hydrogen (secondary N) is 1. The average molecular weight is 201 g/mol. The smallest absolute Gasteiger partial charge is 0.0616 e. The second-order valence-corrected chi connectivity index (χ2v) is 4.12. The first-order valence-electron chi connectivity index (χ1n) is 6.04. The van der Waals surface area contributed by atoms with Crippen LogP contribution in [0.15, 0.2) is 0 Å².